The number of pyridine rings is 1. The van der Waals surface area contributed by atoms with Crippen molar-refractivity contribution >= 4 is 30.3 Å². The van der Waals surface area contributed by atoms with E-state index in [9.17, 15) is 19.2 Å². The predicted octanol–water partition coefficient (Wildman–Crippen LogP) is 5.03. The fourth-order valence-corrected chi connectivity index (χ4v) is 6.87. The third kappa shape index (κ3) is 12.3. The standard InChI is InChI=1S/C43H48N8O5.C2H4O2/c1-44-38(31-12-5-3-6-13-31)41(53)45-24-10-9-17-37-47-28-35(49-37)33-22-23-34(46-27-33)30-20-18-29(19-21-30)26-48-40(52)36-16-11-25-51(36)42(54)39(50-43(55)56-2)32-14-7-4-8-15-32;1-4-2-3/h3-8,12-15,18-23,27-28,36,38-39,44H,9-11,16-17,24-26H2,1-2H3,(H,45,53)(H,47,49)(H,48,52)(H,50,55);2H,1H3/t36?,38?,39-;/m1./s1. The van der Waals surface area contributed by atoms with Crippen LogP contribution in [0.4, 0.5) is 4.79 Å². The number of rotatable bonds is 17. The van der Waals surface area contributed by atoms with Crippen LogP contribution in [0.15, 0.2) is 109 Å². The minimum absolute atomic E-state index is 0.0385. The second-order valence-corrected chi connectivity index (χ2v) is 14.0. The Bertz CT molecular complexity index is 2130. The molecule has 15 nitrogen and oxygen atoms in total. The van der Waals surface area contributed by atoms with Crippen LogP contribution >= 0.6 is 0 Å². The monoisotopic (exact) mass is 816 g/mol. The van der Waals surface area contributed by atoms with Gasteiger partial charge in [-0.3, -0.25) is 24.2 Å². The number of H-pyrrole nitrogens is 1. The summed E-state index contributed by atoms with van der Waals surface area (Å²) in [6.07, 6.45) is 6.61. The second-order valence-electron chi connectivity index (χ2n) is 14.0. The summed E-state index contributed by atoms with van der Waals surface area (Å²) in [6.45, 7) is 1.68. The lowest BCUT2D eigenvalue weighted by molar-refractivity contribution is -0.140. The van der Waals surface area contributed by atoms with E-state index in [0.29, 0.717) is 44.5 Å². The summed E-state index contributed by atoms with van der Waals surface area (Å²) in [6, 6.07) is 28.4. The van der Waals surface area contributed by atoms with Gasteiger partial charge in [0.1, 0.15) is 23.9 Å². The topological polar surface area (TPSA) is 197 Å². The summed E-state index contributed by atoms with van der Waals surface area (Å²) in [5.41, 5.74) is 6.01. The molecule has 60 heavy (non-hydrogen) atoms. The molecular weight excluding hydrogens is 765 g/mol. The minimum Gasteiger partial charge on any atom is -0.471 e. The Hall–Kier alpha value is -6.87. The zero-order valence-electron chi connectivity index (χ0n) is 34.1. The van der Waals surface area contributed by atoms with Crippen molar-refractivity contribution in [2.45, 2.75) is 56.8 Å². The van der Waals surface area contributed by atoms with Gasteiger partial charge < -0.3 is 40.6 Å². The van der Waals surface area contributed by atoms with Crippen LogP contribution in [0.5, 0.6) is 0 Å². The van der Waals surface area contributed by atoms with Crippen molar-refractivity contribution in [1.82, 2.24) is 41.1 Å². The van der Waals surface area contributed by atoms with Gasteiger partial charge in [0.2, 0.25) is 11.8 Å². The quantitative estimate of drug-likeness (QED) is 0.0627. The van der Waals surface area contributed by atoms with Crippen LogP contribution in [0.1, 0.15) is 60.3 Å². The molecule has 1 saturated heterocycles. The number of carbonyl (C=O) groups is 5. The molecule has 2 unspecified atom stereocenters. The normalized spacial score (nSPS) is 14.1. The molecule has 1 aliphatic heterocycles. The molecule has 3 atom stereocenters. The molecule has 15 heteroatoms. The molecule has 3 heterocycles. The number of methoxy groups -OCH3 is 2. The Morgan fingerprint density at radius 3 is 2.12 bits per heavy atom. The number of nitrogens with zero attached hydrogens (tertiary/aromatic N) is 3. The third-order valence-electron chi connectivity index (χ3n) is 10.0. The first kappa shape index (κ1) is 44.2. The van der Waals surface area contributed by atoms with Gasteiger partial charge in [0.25, 0.3) is 12.4 Å². The summed E-state index contributed by atoms with van der Waals surface area (Å²) < 4.78 is 8.62. The van der Waals surface area contributed by atoms with E-state index in [2.05, 4.69) is 41.0 Å². The number of aryl methyl sites for hydroxylation is 1. The van der Waals surface area contributed by atoms with Crippen molar-refractivity contribution < 1.29 is 33.4 Å². The molecule has 0 radical (unpaired) electrons. The van der Waals surface area contributed by atoms with Crippen molar-refractivity contribution in [2.75, 3.05) is 34.4 Å². The van der Waals surface area contributed by atoms with Gasteiger partial charge in [-0.05, 0) is 61.6 Å². The molecule has 314 valence electrons. The number of imidazole rings is 1. The molecular formula is C45H52N8O7. The number of alkyl carbamates (subject to hydrolysis) is 1. The Morgan fingerprint density at radius 2 is 1.50 bits per heavy atom. The number of aromatic amines is 1. The van der Waals surface area contributed by atoms with E-state index in [1.807, 2.05) is 85.2 Å². The zero-order valence-corrected chi connectivity index (χ0v) is 34.1. The van der Waals surface area contributed by atoms with Gasteiger partial charge in [0.15, 0.2) is 0 Å². The lowest BCUT2D eigenvalue weighted by atomic mass is 10.0. The van der Waals surface area contributed by atoms with Crippen LogP contribution < -0.4 is 21.3 Å². The molecule has 2 aromatic heterocycles. The highest BCUT2D eigenvalue weighted by atomic mass is 16.5. The maximum absolute atomic E-state index is 13.6. The van der Waals surface area contributed by atoms with E-state index in [1.54, 1.807) is 36.2 Å². The van der Waals surface area contributed by atoms with Crippen molar-refractivity contribution in [3.63, 3.8) is 0 Å². The molecule has 5 aromatic rings. The first-order chi connectivity index (χ1) is 29.3. The van der Waals surface area contributed by atoms with Gasteiger partial charge in [-0.2, -0.15) is 0 Å². The van der Waals surface area contributed by atoms with E-state index in [4.69, 9.17) is 9.53 Å². The van der Waals surface area contributed by atoms with Crippen LogP contribution in [0.3, 0.4) is 0 Å². The van der Waals surface area contributed by atoms with Gasteiger partial charge in [0.05, 0.1) is 31.8 Å². The van der Waals surface area contributed by atoms with Gasteiger partial charge in [0, 0.05) is 43.4 Å². The van der Waals surface area contributed by atoms with Gasteiger partial charge in [-0.25, -0.2) is 9.78 Å². The first-order valence-corrected chi connectivity index (χ1v) is 19.8. The number of likely N-dealkylation sites (tertiary alicyclic amines) is 1. The van der Waals surface area contributed by atoms with Crippen LogP contribution in [0.2, 0.25) is 0 Å². The largest absolute Gasteiger partial charge is 0.471 e. The fourth-order valence-electron chi connectivity index (χ4n) is 6.87. The van der Waals surface area contributed by atoms with E-state index >= 15 is 0 Å². The minimum atomic E-state index is -0.967. The molecule has 6 rings (SSSR count). The Kier molecular flexibility index (Phi) is 16.9. The Balaban J connectivity index is 0.00000163. The van der Waals surface area contributed by atoms with Crippen LogP contribution in [0.25, 0.3) is 22.5 Å². The maximum Gasteiger partial charge on any atom is 0.407 e. The van der Waals surface area contributed by atoms with E-state index in [1.165, 1.54) is 14.2 Å². The Morgan fingerprint density at radius 1 is 0.833 bits per heavy atom. The number of carbonyl (C=O) groups excluding carboxylic acids is 5. The van der Waals surface area contributed by atoms with Gasteiger partial charge in [-0.1, -0.05) is 84.9 Å². The number of ether oxygens (including phenoxy) is 2. The second kappa shape index (κ2) is 22.9. The molecule has 0 bridgehead atoms. The number of unbranched alkanes of at least 4 members (excludes halogenated alkanes) is 1. The molecule has 0 aliphatic carbocycles. The molecule has 1 aliphatic rings. The molecule has 0 saturated carbocycles. The highest BCUT2D eigenvalue weighted by molar-refractivity contribution is 5.92. The van der Waals surface area contributed by atoms with Crippen LogP contribution in [0, 0.1) is 0 Å². The highest BCUT2D eigenvalue weighted by Crippen LogP contribution is 2.25. The summed E-state index contributed by atoms with van der Waals surface area (Å²) >= 11 is 0. The average Bonchev–Trinajstić information content (AvgIpc) is 3.99. The van der Waals surface area contributed by atoms with Crippen LogP contribution in [-0.2, 0) is 41.6 Å². The van der Waals surface area contributed by atoms with Crippen molar-refractivity contribution in [3.8, 4) is 22.5 Å². The summed E-state index contributed by atoms with van der Waals surface area (Å²) in [4.78, 5) is 74.8. The molecule has 5 N–H and O–H groups in total. The Labute approximate surface area is 349 Å². The number of aromatic nitrogens is 3. The van der Waals surface area contributed by atoms with E-state index < -0.39 is 18.2 Å². The number of benzene rings is 3. The summed E-state index contributed by atoms with van der Waals surface area (Å²) in [5, 5.41) is 11.7. The lowest BCUT2D eigenvalue weighted by Crippen LogP contribution is -2.50. The fraction of sp³-hybridized carbons (Fsp3) is 0.311. The van der Waals surface area contributed by atoms with Crippen LogP contribution in [-0.4, -0.2) is 90.5 Å². The van der Waals surface area contributed by atoms with Gasteiger partial charge in [-0.15, -0.1) is 0 Å². The SMILES string of the molecule is CNC(C(=O)NCCCCc1ncc(-c2ccc(-c3ccc(CNC(=O)C4CCCN4C(=O)[C@H](NC(=O)OC)c4ccccc4)cc3)nc2)[nH]1)c1ccccc1.COC=O. The number of amides is 4. The number of likely N-dealkylation sites (N-methyl/N-ethyl adjacent to an activating group) is 1. The molecule has 0 spiro atoms. The molecule has 4 amide bonds. The summed E-state index contributed by atoms with van der Waals surface area (Å²) in [5.74, 6) is 0.250. The first-order valence-electron chi connectivity index (χ1n) is 19.8. The smallest absolute Gasteiger partial charge is 0.407 e. The molecule has 3 aromatic carbocycles. The maximum atomic E-state index is 13.6. The zero-order chi connectivity index (χ0) is 42.7. The number of hydrogen-bond acceptors (Lipinski definition) is 10. The third-order valence-corrected chi connectivity index (χ3v) is 10.0. The van der Waals surface area contributed by atoms with E-state index in [-0.39, 0.29) is 23.8 Å². The van der Waals surface area contributed by atoms with Gasteiger partial charge >= 0.3 is 6.09 Å². The number of hydrogen-bond donors (Lipinski definition) is 5. The predicted molar refractivity (Wildman–Crippen MR) is 226 cm³/mol. The van der Waals surface area contributed by atoms with E-state index in [0.717, 1.165) is 58.7 Å². The average molecular weight is 817 g/mol. The highest BCUT2D eigenvalue weighted by Gasteiger charge is 2.38. The van der Waals surface area contributed by atoms with Crippen molar-refractivity contribution in [1.29, 1.82) is 0 Å². The lowest BCUT2D eigenvalue weighted by Gasteiger charge is -2.28. The van der Waals surface area contributed by atoms with Crippen molar-refractivity contribution in [3.05, 3.63) is 132 Å². The number of nitrogens with one attached hydrogen (secondary N) is 5. The summed E-state index contributed by atoms with van der Waals surface area (Å²) in [7, 11) is 4.34. The molecule has 1 fully saturated rings. The van der Waals surface area contributed by atoms with Crippen molar-refractivity contribution in [2.24, 2.45) is 0 Å².